The number of ether oxygens (including phenoxy) is 1. The maximum absolute atomic E-state index is 12.6. The molecule has 7 heteroatoms. The van der Waals surface area contributed by atoms with Crippen LogP contribution in [0.25, 0.3) is 0 Å². The summed E-state index contributed by atoms with van der Waals surface area (Å²) in [5.74, 6) is 0.436. The Bertz CT molecular complexity index is 807. The Morgan fingerprint density at radius 3 is 2.88 bits per heavy atom. The summed E-state index contributed by atoms with van der Waals surface area (Å²) in [6.07, 6.45) is 6.84. The van der Waals surface area contributed by atoms with Crippen LogP contribution in [0, 0.1) is 6.92 Å². The second-order valence-corrected chi connectivity index (χ2v) is 5.82. The average Bonchev–Trinajstić information content (AvgIpc) is 3.04. The normalized spacial score (nSPS) is 14.2. The molecule has 0 saturated heterocycles. The zero-order chi connectivity index (χ0) is 17.8. The maximum Gasteiger partial charge on any atom is 0.274 e. The molecule has 130 valence electrons. The molecule has 0 aliphatic carbocycles. The molecule has 1 aliphatic rings. The molecule has 1 aliphatic heterocycles. The Morgan fingerprint density at radius 1 is 1.36 bits per heavy atom. The van der Waals surface area contributed by atoms with E-state index in [-0.39, 0.29) is 5.91 Å². The largest absolute Gasteiger partial charge is 0.472 e. The van der Waals surface area contributed by atoms with Gasteiger partial charge in [-0.25, -0.2) is 4.98 Å². The van der Waals surface area contributed by atoms with E-state index in [1.165, 1.54) is 6.20 Å². The molecule has 0 saturated carbocycles. The number of hydrogen-bond donors (Lipinski definition) is 0. The summed E-state index contributed by atoms with van der Waals surface area (Å²) in [4.78, 5) is 22.6. The first-order valence-electron chi connectivity index (χ1n) is 8.15. The van der Waals surface area contributed by atoms with Gasteiger partial charge in [-0.2, -0.15) is 0 Å². The Morgan fingerprint density at radius 2 is 2.20 bits per heavy atom. The number of nitrogens with zero attached hydrogens (tertiary/aromatic N) is 5. The third kappa shape index (κ3) is 3.76. The molecule has 0 fully saturated rings. The van der Waals surface area contributed by atoms with Crippen LogP contribution < -0.4 is 4.74 Å². The molecule has 1 amide bonds. The van der Waals surface area contributed by atoms with Crippen LogP contribution in [0.15, 0.2) is 42.8 Å². The van der Waals surface area contributed by atoms with Gasteiger partial charge in [0, 0.05) is 18.8 Å². The minimum atomic E-state index is -0.120. The Labute approximate surface area is 146 Å². The zero-order valence-corrected chi connectivity index (χ0v) is 14.5. The van der Waals surface area contributed by atoms with Crippen LogP contribution in [0.2, 0.25) is 0 Å². The van der Waals surface area contributed by atoms with Crippen LogP contribution in [0.3, 0.4) is 0 Å². The first-order valence-corrected chi connectivity index (χ1v) is 8.15. The van der Waals surface area contributed by atoms with Crippen LogP contribution in [0.5, 0.6) is 5.88 Å². The van der Waals surface area contributed by atoms with Crippen LogP contribution in [0.4, 0.5) is 0 Å². The predicted molar refractivity (Wildman–Crippen MR) is 93.2 cm³/mol. The zero-order valence-electron chi connectivity index (χ0n) is 14.5. The van der Waals surface area contributed by atoms with E-state index in [4.69, 9.17) is 4.74 Å². The minimum absolute atomic E-state index is 0.120. The summed E-state index contributed by atoms with van der Waals surface area (Å²) in [7, 11) is 0. The summed E-state index contributed by atoms with van der Waals surface area (Å²) in [6, 6.07) is 1.87. The van der Waals surface area contributed by atoms with Crippen LogP contribution in [-0.4, -0.2) is 43.7 Å². The number of carbonyl (C=O) groups excluding carboxylic acids is 1. The predicted octanol–water partition coefficient (Wildman–Crippen LogP) is 2.15. The molecule has 0 radical (unpaired) electrons. The SMILES string of the molecule is C=C/C(=C\C)COc1cc2n(n1)CCN(C(=O)c1cnc(C)cn1)C2. The molecular formula is C18H21N5O2. The number of fused-ring (bicyclic) bond motifs is 1. The molecule has 2 aromatic heterocycles. The third-order valence-electron chi connectivity index (χ3n) is 4.08. The van der Waals surface area contributed by atoms with E-state index < -0.39 is 0 Å². The van der Waals surface area contributed by atoms with Crippen molar-refractivity contribution in [1.29, 1.82) is 0 Å². The van der Waals surface area contributed by atoms with Crippen molar-refractivity contribution in [3.05, 3.63) is 59.8 Å². The number of aryl methyl sites for hydroxylation is 1. The van der Waals surface area contributed by atoms with Gasteiger partial charge in [-0.15, -0.1) is 5.10 Å². The van der Waals surface area contributed by atoms with Gasteiger partial charge in [0.05, 0.1) is 30.7 Å². The van der Waals surface area contributed by atoms with Gasteiger partial charge in [-0.1, -0.05) is 18.7 Å². The van der Waals surface area contributed by atoms with Crippen molar-refractivity contribution in [3.63, 3.8) is 0 Å². The number of hydrogen-bond acceptors (Lipinski definition) is 5. The van der Waals surface area contributed by atoms with Crippen molar-refractivity contribution in [2.75, 3.05) is 13.2 Å². The molecule has 0 bridgehead atoms. The quantitative estimate of drug-likeness (QED) is 0.781. The second-order valence-electron chi connectivity index (χ2n) is 5.82. The molecule has 7 nitrogen and oxygen atoms in total. The Balaban J connectivity index is 1.68. The van der Waals surface area contributed by atoms with Crippen molar-refractivity contribution in [2.24, 2.45) is 0 Å². The van der Waals surface area contributed by atoms with Crippen molar-refractivity contribution >= 4 is 5.91 Å². The van der Waals surface area contributed by atoms with Gasteiger partial charge in [0.25, 0.3) is 5.91 Å². The summed E-state index contributed by atoms with van der Waals surface area (Å²) in [5, 5.41) is 4.44. The van der Waals surface area contributed by atoms with E-state index >= 15 is 0 Å². The van der Waals surface area contributed by atoms with Gasteiger partial charge in [0.1, 0.15) is 12.3 Å². The molecule has 0 atom stereocenters. The van der Waals surface area contributed by atoms with Crippen LogP contribution in [-0.2, 0) is 13.1 Å². The highest BCUT2D eigenvalue weighted by atomic mass is 16.5. The number of carbonyl (C=O) groups is 1. The lowest BCUT2D eigenvalue weighted by Gasteiger charge is -2.27. The summed E-state index contributed by atoms with van der Waals surface area (Å²) >= 11 is 0. The number of amides is 1. The van der Waals surface area contributed by atoms with Crippen molar-refractivity contribution < 1.29 is 9.53 Å². The van der Waals surface area contributed by atoms with Crippen LogP contribution >= 0.6 is 0 Å². The molecule has 0 spiro atoms. The first-order chi connectivity index (χ1) is 12.1. The van der Waals surface area contributed by atoms with Crippen molar-refractivity contribution in [3.8, 4) is 5.88 Å². The average molecular weight is 339 g/mol. The minimum Gasteiger partial charge on any atom is -0.472 e. The lowest BCUT2D eigenvalue weighted by Crippen LogP contribution is -2.38. The van der Waals surface area contributed by atoms with Crippen LogP contribution in [0.1, 0.15) is 28.8 Å². The van der Waals surface area contributed by atoms with E-state index in [1.807, 2.05) is 30.7 Å². The van der Waals surface area contributed by atoms with Gasteiger partial charge in [-0.3, -0.25) is 14.5 Å². The highest BCUT2D eigenvalue weighted by Gasteiger charge is 2.24. The number of aromatic nitrogens is 4. The van der Waals surface area contributed by atoms with Gasteiger partial charge in [0.2, 0.25) is 5.88 Å². The summed E-state index contributed by atoms with van der Waals surface area (Å²) in [6.45, 7) is 9.63. The fourth-order valence-electron chi connectivity index (χ4n) is 2.57. The Kier molecular flexibility index (Phi) is 4.92. The maximum atomic E-state index is 12.6. The first kappa shape index (κ1) is 16.9. The highest BCUT2D eigenvalue weighted by molar-refractivity contribution is 5.92. The monoisotopic (exact) mass is 339 g/mol. The molecule has 3 heterocycles. The van der Waals surface area contributed by atoms with E-state index in [2.05, 4.69) is 21.6 Å². The fourth-order valence-corrected chi connectivity index (χ4v) is 2.57. The molecule has 2 aromatic rings. The van der Waals surface area contributed by atoms with Gasteiger partial charge >= 0.3 is 0 Å². The molecule has 0 unspecified atom stereocenters. The topological polar surface area (TPSA) is 73.1 Å². The molecule has 0 aromatic carbocycles. The number of allylic oxidation sites excluding steroid dienone is 1. The highest BCUT2D eigenvalue weighted by Crippen LogP contribution is 2.19. The lowest BCUT2D eigenvalue weighted by molar-refractivity contribution is 0.0699. The fraction of sp³-hybridized carbons (Fsp3) is 0.333. The molecular weight excluding hydrogens is 318 g/mol. The lowest BCUT2D eigenvalue weighted by atomic mass is 10.2. The molecule has 3 rings (SSSR count). The van der Waals surface area contributed by atoms with E-state index in [0.29, 0.717) is 37.8 Å². The second kappa shape index (κ2) is 7.29. The van der Waals surface area contributed by atoms with Crippen molar-refractivity contribution in [1.82, 2.24) is 24.6 Å². The van der Waals surface area contributed by atoms with Crippen molar-refractivity contribution in [2.45, 2.75) is 26.9 Å². The van der Waals surface area contributed by atoms with E-state index in [0.717, 1.165) is 17.0 Å². The Hall–Kier alpha value is -2.96. The third-order valence-corrected chi connectivity index (χ3v) is 4.08. The standard InChI is InChI=1S/C18H21N5O2/c1-4-14(5-2)12-25-17-8-15-11-22(6-7-23(15)21-17)18(24)16-10-19-13(3)9-20-16/h4-5,8-10H,1,6-7,11-12H2,2-3H3/b14-5+. The van der Waals surface area contributed by atoms with E-state index in [9.17, 15) is 4.79 Å². The number of rotatable bonds is 5. The molecule has 25 heavy (non-hydrogen) atoms. The smallest absolute Gasteiger partial charge is 0.274 e. The van der Waals surface area contributed by atoms with Gasteiger partial charge in [-0.05, 0) is 19.4 Å². The van der Waals surface area contributed by atoms with E-state index in [1.54, 1.807) is 17.2 Å². The van der Waals surface area contributed by atoms with Gasteiger partial charge in [0.15, 0.2) is 0 Å². The summed E-state index contributed by atoms with van der Waals surface area (Å²) < 4.78 is 7.58. The van der Waals surface area contributed by atoms with Gasteiger partial charge < -0.3 is 9.64 Å². The summed E-state index contributed by atoms with van der Waals surface area (Å²) in [5.41, 5.74) is 3.09. The molecule has 0 N–H and O–H groups in total.